The monoisotopic (exact) mass is 485 g/mol. The van der Waals surface area contributed by atoms with E-state index in [9.17, 15) is 9.59 Å². The lowest BCUT2D eigenvalue weighted by Crippen LogP contribution is -2.19. The number of aryl methyl sites for hydroxylation is 1. The van der Waals surface area contributed by atoms with E-state index in [0.29, 0.717) is 29.1 Å². The molecule has 1 saturated carbocycles. The maximum atomic E-state index is 12.1. The van der Waals surface area contributed by atoms with Crippen LogP contribution in [0.1, 0.15) is 48.9 Å². The number of carbonyl (C=O) groups is 1. The SMILES string of the molecule is C1CCOCC1.CNc1cc(Nc2cccn(C)c2=O)nc2c(C(N)=O)cnn12.COC1CCC1. The number of ether oxygens (including phenoxy) is 2. The van der Waals surface area contributed by atoms with Crippen LogP contribution in [0.25, 0.3) is 5.65 Å². The van der Waals surface area contributed by atoms with E-state index in [1.54, 1.807) is 45.6 Å². The van der Waals surface area contributed by atoms with Crippen molar-refractivity contribution in [3.8, 4) is 0 Å². The summed E-state index contributed by atoms with van der Waals surface area (Å²) >= 11 is 0. The summed E-state index contributed by atoms with van der Waals surface area (Å²) in [4.78, 5) is 27.9. The molecule has 0 radical (unpaired) electrons. The first-order valence-electron chi connectivity index (χ1n) is 11.8. The summed E-state index contributed by atoms with van der Waals surface area (Å²) in [5, 5.41) is 10.0. The Kier molecular flexibility index (Phi) is 9.62. The molecule has 0 aromatic carbocycles. The molecular formula is C24H35N7O4. The van der Waals surface area contributed by atoms with E-state index in [-0.39, 0.29) is 11.1 Å². The Balaban J connectivity index is 0.000000231. The fourth-order valence-electron chi connectivity index (χ4n) is 3.50. The number of nitrogens with zero attached hydrogens (tertiary/aromatic N) is 4. The molecule has 3 aromatic rings. The molecule has 2 aliphatic rings. The van der Waals surface area contributed by atoms with E-state index in [1.807, 2.05) is 0 Å². The molecular weight excluding hydrogens is 450 g/mol. The van der Waals surface area contributed by atoms with E-state index in [1.165, 1.54) is 53.8 Å². The van der Waals surface area contributed by atoms with Crippen molar-refractivity contribution in [1.29, 1.82) is 0 Å². The standard InChI is InChI=1S/C14H15N7O2.2C5H10O/c1-16-11-6-10(18-9-4-3-5-20(2)14(9)23)19-13-8(12(15)22)7-17-21(11)13;1-6-5-3-2-4-5;1-2-4-6-5-3-1/h3-7,16H,1-2H3,(H2,15,22)(H,18,19);5H,2-4H2,1H3;1-5H2. The fraction of sp³-hybridized carbons (Fsp3) is 0.500. The van der Waals surface area contributed by atoms with Gasteiger partial charge in [0.2, 0.25) is 0 Å². The van der Waals surface area contributed by atoms with Crippen molar-refractivity contribution >= 4 is 28.9 Å². The third-order valence-electron chi connectivity index (χ3n) is 5.84. The van der Waals surface area contributed by atoms with Crippen LogP contribution < -0.4 is 21.9 Å². The van der Waals surface area contributed by atoms with Crippen LogP contribution in [0.15, 0.2) is 35.4 Å². The molecule has 0 atom stereocenters. The molecule has 2 fully saturated rings. The van der Waals surface area contributed by atoms with Gasteiger partial charge in [-0.15, -0.1) is 0 Å². The van der Waals surface area contributed by atoms with Crippen LogP contribution in [-0.4, -0.2) is 58.5 Å². The number of carbonyl (C=O) groups excluding carboxylic acids is 1. The third kappa shape index (κ3) is 7.03. The lowest BCUT2D eigenvalue weighted by atomic mass is 9.96. The second kappa shape index (κ2) is 12.9. The molecule has 0 spiro atoms. The summed E-state index contributed by atoms with van der Waals surface area (Å²) in [5.74, 6) is 0.369. The number of fused-ring (bicyclic) bond motifs is 1. The van der Waals surface area contributed by atoms with Crippen LogP contribution in [0.2, 0.25) is 0 Å². The van der Waals surface area contributed by atoms with Gasteiger partial charge in [-0.1, -0.05) is 0 Å². The van der Waals surface area contributed by atoms with E-state index in [4.69, 9.17) is 15.2 Å². The van der Waals surface area contributed by atoms with Gasteiger partial charge < -0.3 is 30.4 Å². The third-order valence-corrected chi connectivity index (χ3v) is 5.84. The fourth-order valence-corrected chi connectivity index (χ4v) is 3.50. The molecule has 1 amide bonds. The molecule has 11 heteroatoms. The first-order valence-corrected chi connectivity index (χ1v) is 11.8. The molecule has 4 N–H and O–H groups in total. The van der Waals surface area contributed by atoms with Gasteiger partial charge in [0.1, 0.15) is 22.9 Å². The normalized spacial score (nSPS) is 15.2. The maximum Gasteiger partial charge on any atom is 0.274 e. The van der Waals surface area contributed by atoms with E-state index >= 15 is 0 Å². The Morgan fingerprint density at radius 3 is 2.46 bits per heavy atom. The molecule has 5 rings (SSSR count). The van der Waals surface area contributed by atoms with Gasteiger partial charge in [-0.05, 0) is 50.7 Å². The predicted molar refractivity (Wildman–Crippen MR) is 135 cm³/mol. The Bertz CT molecular complexity index is 1150. The first kappa shape index (κ1) is 26.2. The number of anilines is 3. The average molecular weight is 486 g/mol. The number of nitrogens with two attached hydrogens (primary N) is 1. The van der Waals surface area contributed by atoms with Gasteiger partial charge in [-0.3, -0.25) is 9.59 Å². The van der Waals surface area contributed by atoms with Crippen molar-refractivity contribution in [2.75, 3.05) is 38.0 Å². The molecule has 0 bridgehead atoms. The summed E-state index contributed by atoms with van der Waals surface area (Å²) in [7, 11) is 5.15. The van der Waals surface area contributed by atoms with Crippen LogP contribution in [-0.2, 0) is 16.5 Å². The van der Waals surface area contributed by atoms with Gasteiger partial charge in [0, 0.05) is 46.7 Å². The predicted octanol–water partition coefficient (Wildman–Crippen LogP) is 2.68. The van der Waals surface area contributed by atoms with Gasteiger partial charge >= 0.3 is 0 Å². The van der Waals surface area contributed by atoms with Gasteiger partial charge in [-0.25, -0.2) is 4.98 Å². The molecule has 0 unspecified atom stereocenters. The second-order valence-corrected chi connectivity index (χ2v) is 8.36. The highest BCUT2D eigenvalue weighted by Gasteiger charge is 2.16. The summed E-state index contributed by atoms with van der Waals surface area (Å²) in [5.41, 5.74) is 6.02. The van der Waals surface area contributed by atoms with E-state index in [2.05, 4.69) is 20.7 Å². The number of nitrogens with one attached hydrogen (secondary N) is 2. The molecule has 35 heavy (non-hydrogen) atoms. The molecule has 11 nitrogen and oxygen atoms in total. The summed E-state index contributed by atoms with van der Waals surface area (Å²) in [6.07, 6.45) is 11.5. The maximum absolute atomic E-state index is 12.1. The zero-order valence-corrected chi connectivity index (χ0v) is 20.6. The molecule has 1 saturated heterocycles. The Morgan fingerprint density at radius 1 is 1.23 bits per heavy atom. The van der Waals surface area contributed by atoms with Crippen molar-refractivity contribution in [3.05, 3.63) is 46.5 Å². The van der Waals surface area contributed by atoms with E-state index in [0.717, 1.165) is 13.2 Å². The lowest BCUT2D eigenvalue weighted by molar-refractivity contribution is 0.0412. The molecule has 4 heterocycles. The van der Waals surface area contributed by atoms with Crippen molar-refractivity contribution in [3.63, 3.8) is 0 Å². The molecule has 1 aliphatic heterocycles. The number of rotatable bonds is 5. The number of hydrogen-bond donors (Lipinski definition) is 3. The van der Waals surface area contributed by atoms with Crippen molar-refractivity contribution in [2.24, 2.45) is 12.8 Å². The number of amides is 1. The Morgan fingerprint density at radius 2 is 1.97 bits per heavy atom. The summed E-state index contributed by atoms with van der Waals surface area (Å²) < 4.78 is 13.0. The van der Waals surface area contributed by atoms with Crippen molar-refractivity contribution in [1.82, 2.24) is 19.2 Å². The zero-order valence-electron chi connectivity index (χ0n) is 20.6. The van der Waals surface area contributed by atoms with E-state index < -0.39 is 5.91 Å². The highest BCUT2D eigenvalue weighted by atomic mass is 16.5. The topological polar surface area (TPSA) is 138 Å². The minimum absolute atomic E-state index is 0.191. The summed E-state index contributed by atoms with van der Waals surface area (Å²) in [6, 6.07) is 5.07. The smallest absolute Gasteiger partial charge is 0.274 e. The van der Waals surface area contributed by atoms with Crippen LogP contribution >= 0.6 is 0 Å². The Hall–Kier alpha value is -3.44. The minimum atomic E-state index is -0.623. The number of pyridine rings is 1. The van der Waals surface area contributed by atoms with Crippen LogP contribution in [0, 0.1) is 0 Å². The van der Waals surface area contributed by atoms with Crippen LogP contribution in [0.4, 0.5) is 17.3 Å². The number of primary amides is 1. The van der Waals surface area contributed by atoms with Crippen molar-refractivity contribution in [2.45, 2.75) is 44.6 Å². The summed E-state index contributed by atoms with van der Waals surface area (Å²) in [6.45, 7) is 2.00. The largest absolute Gasteiger partial charge is 0.381 e. The molecule has 1 aliphatic carbocycles. The van der Waals surface area contributed by atoms with Gasteiger partial charge in [-0.2, -0.15) is 9.61 Å². The van der Waals surface area contributed by atoms with Crippen LogP contribution in [0.5, 0.6) is 0 Å². The number of methoxy groups -OCH3 is 1. The number of aromatic nitrogens is 4. The van der Waals surface area contributed by atoms with Crippen LogP contribution in [0.3, 0.4) is 0 Å². The van der Waals surface area contributed by atoms with Gasteiger partial charge in [0.25, 0.3) is 11.5 Å². The Labute approximate surface area is 204 Å². The lowest BCUT2D eigenvalue weighted by Gasteiger charge is -2.22. The number of hydrogen-bond acceptors (Lipinski definition) is 8. The highest BCUT2D eigenvalue weighted by Crippen LogP contribution is 2.21. The minimum Gasteiger partial charge on any atom is -0.381 e. The van der Waals surface area contributed by atoms with Gasteiger partial charge in [0.15, 0.2) is 5.65 Å². The quantitative estimate of drug-likeness (QED) is 0.501. The molecule has 190 valence electrons. The first-order chi connectivity index (χ1) is 16.9. The van der Waals surface area contributed by atoms with Crippen molar-refractivity contribution < 1.29 is 14.3 Å². The zero-order chi connectivity index (χ0) is 25.2. The highest BCUT2D eigenvalue weighted by molar-refractivity contribution is 5.98. The van der Waals surface area contributed by atoms with Gasteiger partial charge in [0.05, 0.1) is 12.3 Å². The average Bonchev–Trinajstić information content (AvgIpc) is 3.27. The molecule has 3 aromatic heterocycles. The second-order valence-electron chi connectivity index (χ2n) is 8.36.